The van der Waals surface area contributed by atoms with Gasteiger partial charge in [0.15, 0.2) is 17.8 Å². The van der Waals surface area contributed by atoms with Crippen LogP contribution in [0.25, 0.3) is 0 Å². The minimum Gasteiger partial charge on any atom is -0.493 e. The molecule has 1 saturated heterocycles. The third kappa shape index (κ3) is 13.8. The lowest BCUT2D eigenvalue weighted by molar-refractivity contribution is -0.162. The number of hydrogen-bond acceptors (Lipinski definition) is 9. The molecule has 5 aromatic carbocycles. The maximum absolute atomic E-state index is 8.18. The molecule has 11 heteroatoms. The number of hydrogen-bond donors (Lipinski definition) is 0. The molecule has 0 saturated carbocycles. The highest BCUT2D eigenvalue weighted by atomic mass is 28.4. The van der Waals surface area contributed by atoms with Gasteiger partial charge in [0.1, 0.15) is 6.79 Å². The normalized spacial score (nSPS) is 19.2. The minimum atomic E-state index is -3.04. The van der Waals surface area contributed by atoms with Crippen LogP contribution in [0.4, 0.5) is 0 Å². The van der Waals surface area contributed by atoms with Gasteiger partial charge >= 0.3 is 0 Å². The van der Waals surface area contributed by atoms with Crippen molar-refractivity contribution in [3.05, 3.63) is 145 Å². The van der Waals surface area contributed by atoms with E-state index in [1.807, 2.05) is 25.3 Å². The summed E-state index contributed by atoms with van der Waals surface area (Å²) >= 11 is 0. The van der Waals surface area contributed by atoms with E-state index in [0.717, 1.165) is 24.8 Å². The molecule has 1 aliphatic rings. The SMILES string of the molecule is COc1ccc(COCO[C@H](CC[C@H](C)[C@H](C[C@H](O[Si](c2ccccc2)(c2ccccc2)C(C)(C)C)[C@H](C)CO[Si](c2ccccc2)(c2ccccc2)C(C)(C)C)OC)[C@H](C)[C@@H]2OC(OC)C[C@H]2C)cc1OC. The first kappa shape index (κ1) is 58.1. The Labute approximate surface area is 441 Å². The molecular formula is C62H88O9Si2. The Kier molecular flexibility index (Phi) is 21.1. The highest BCUT2D eigenvalue weighted by Crippen LogP contribution is 2.42. The molecule has 1 unspecified atom stereocenters. The zero-order valence-corrected chi connectivity index (χ0v) is 48.6. The van der Waals surface area contributed by atoms with Crippen molar-refractivity contribution in [3.63, 3.8) is 0 Å². The molecule has 1 heterocycles. The molecule has 5 aromatic rings. The fraction of sp³-hybridized carbons (Fsp3) is 0.516. The first-order valence-corrected chi connectivity index (χ1v) is 30.4. The van der Waals surface area contributed by atoms with Crippen molar-refractivity contribution in [2.75, 3.05) is 41.8 Å². The Morgan fingerprint density at radius 3 is 1.55 bits per heavy atom. The summed E-state index contributed by atoms with van der Waals surface area (Å²) < 4.78 is 58.7. The number of methoxy groups -OCH3 is 4. The zero-order valence-electron chi connectivity index (χ0n) is 46.6. The predicted octanol–water partition coefficient (Wildman–Crippen LogP) is 11.6. The van der Waals surface area contributed by atoms with E-state index >= 15 is 0 Å². The van der Waals surface area contributed by atoms with Gasteiger partial charge in [-0.15, -0.1) is 0 Å². The predicted molar refractivity (Wildman–Crippen MR) is 302 cm³/mol. The number of ether oxygens (including phenoxy) is 7. The van der Waals surface area contributed by atoms with Crippen LogP contribution in [-0.2, 0) is 39.1 Å². The van der Waals surface area contributed by atoms with Gasteiger partial charge in [0.05, 0.1) is 45.2 Å². The second kappa shape index (κ2) is 26.6. The van der Waals surface area contributed by atoms with Gasteiger partial charge < -0.3 is 42.0 Å². The summed E-state index contributed by atoms with van der Waals surface area (Å²) in [5, 5.41) is 4.62. The van der Waals surface area contributed by atoms with Crippen LogP contribution in [0.3, 0.4) is 0 Å². The maximum atomic E-state index is 8.18. The number of benzene rings is 5. The average molecular weight is 1030 g/mol. The highest BCUT2D eigenvalue weighted by molar-refractivity contribution is 7.00. The van der Waals surface area contributed by atoms with Crippen LogP contribution in [0.2, 0.25) is 10.1 Å². The summed E-state index contributed by atoms with van der Waals surface area (Å²) in [7, 11) is 0.950. The van der Waals surface area contributed by atoms with E-state index in [-0.39, 0.29) is 65.3 Å². The minimum absolute atomic E-state index is 0.0122. The van der Waals surface area contributed by atoms with Gasteiger partial charge in [0, 0.05) is 39.1 Å². The van der Waals surface area contributed by atoms with Crippen molar-refractivity contribution in [2.45, 2.75) is 142 Å². The largest absolute Gasteiger partial charge is 0.493 e. The lowest BCUT2D eigenvalue weighted by Gasteiger charge is -2.48. The molecule has 1 fully saturated rings. The van der Waals surface area contributed by atoms with E-state index in [4.69, 9.17) is 42.0 Å². The van der Waals surface area contributed by atoms with Crippen molar-refractivity contribution in [3.8, 4) is 11.5 Å². The van der Waals surface area contributed by atoms with Crippen LogP contribution in [0.5, 0.6) is 11.5 Å². The molecule has 1 aliphatic heterocycles. The molecule has 0 N–H and O–H groups in total. The first-order valence-electron chi connectivity index (χ1n) is 26.6. The van der Waals surface area contributed by atoms with Crippen molar-refractivity contribution in [1.29, 1.82) is 0 Å². The summed E-state index contributed by atoms with van der Waals surface area (Å²) in [6.45, 7) is 24.3. The highest BCUT2D eigenvalue weighted by Gasteiger charge is 2.54. The van der Waals surface area contributed by atoms with Crippen LogP contribution in [0.1, 0.15) is 100 Å². The molecular weight excluding hydrogens is 945 g/mol. The van der Waals surface area contributed by atoms with Crippen molar-refractivity contribution >= 4 is 37.4 Å². The van der Waals surface area contributed by atoms with Gasteiger partial charge in [-0.25, -0.2) is 0 Å². The smallest absolute Gasteiger partial charge is 0.261 e. The first-order chi connectivity index (χ1) is 34.9. The summed E-state index contributed by atoms with van der Waals surface area (Å²) in [6.07, 6.45) is 2.43. The van der Waals surface area contributed by atoms with Crippen LogP contribution in [-0.4, -0.2) is 89.2 Å². The number of rotatable bonds is 27. The molecule has 6 rings (SSSR count). The summed E-state index contributed by atoms with van der Waals surface area (Å²) in [5.74, 6) is 1.88. The van der Waals surface area contributed by atoms with Crippen LogP contribution < -0.4 is 30.2 Å². The average Bonchev–Trinajstić information content (AvgIpc) is 3.78. The topological polar surface area (TPSA) is 83.1 Å². The van der Waals surface area contributed by atoms with Crippen LogP contribution in [0, 0.1) is 23.7 Å². The van der Waals surface area contributed by atoms with E-state index in [0.29, 0.717) is 37.1 Å². The van der Waals surface area contributed by atoms with Gasteiger partial charge in [0.25, 0.3) is 16.6 Å². The van der Waals surface area contributed by atoms with Gasteiger partial charge in [-0.1, -0.05) is 197 Å². The van der Waals surface area contributed by atoms with Gasteiger partial charge in [-0.3, -0.25) is 0 Å². The van der Waals surface area contributed by atoms with E-state index < -0.39 is 16.6 Å². The summed E-state index contributed by atoms with van der Waals surface area (Å²) in [4.78, 5) is 0. The fourth-order valence-electron chi connectivity index (χ4n) is 11.4. The Morgan fingerprint density at radius 2 is 1.10 bits per heavy atom. The monoisotopic (exact) mass is 1030 g/mol. The molecule has 0 bridgehead atoms. The quantitative estimate of drug-likeness (QED) is 0.0290. The van der Waals surface area contributed by atoms with E-state index in [9.17, 15) is 0 Å². The molecule has 0 aromatic heterocycles. The Balaban J connectivity index is 1.32. The summed E-state index contributed by atoms with van der Waals surface area (Å²) in [6, 6.07) is 49.7. The summed E-state index contributed by atoms with van der Waals surface area (Å²) in [5.41, 5.74) is 0.971. The molecule has 73 heavy (non-hydrogen) atoms. The second-order valence-electron chi connectivity index (χ2n) is 22.5. The lowest BCUT2D eigenvalue weighted by Crippen LogP contribution is -2.69. The van der Waals surface area contributed by atoms with Crippen LogP contribution >= 0.6 is 0 Å². The third-order valence-electron chi connectivity index (χ3n) is 15.6. The standard InChI is InChI=1S/C62H88O9Si2/c1-45(35-37-54(48(4)60-46(2)39-59(66-14)70-60)68-44-67-43-49-36-38-55(63-11)58(40-49)65-13)56(64-12)41-57(71-73(62(8,9)10,52-31-23-17-24-32-52)53-33-25-18-26-34-53)47(3)42-69-72(61(5,6)7,50-27-19-15-20-28-50)51-29-21-16-22-30-51/h15-34,36,38,40,45-48,54,56-57,59-60H,35,37,39,41-44H2,1-14H3/t45-,46+,47+,48-,54+,56-,57-,59?,60+/m0/s1. The fourth-order valence-corrected chi connectivity index (χ4v) is 20.9. The molecule has 0 aliphatic carbocycles. The molecule has 398 valence electrons. The molecule has 9 atom stereocenters. The van der Waals surface area contributed by atoms with Gasteiger partial charge in [0.2, 0.25) is 0 Å². The van der Waals surface area contributed by atoms with Crippen molar-refractivity contribution in [2.24, 2.45) is 23.7 Å². The van der Waals surface area contributed by atoms with Gasteiger partial charge in [-0.2, -0.15) is 0 Å². The van der Waals surface area contributed by atoms with E-state index in [1.54, 1.807) is 21.3 Å². The third-order valence-corrected chi connectivity index (χ3v) is 25.6. The van der Waals surface area contributed by atoms with Gasteiger partial charge in [-0.05, 0) is 79.6 Å². The lowest BCUT2D eigenvalue weighted by atomic mass is 9.84. The second-order valence-corrected chi connectivity index (χ2v) is 31.1. The van der Waals surface area contributed by atoms with Crippen LogP contribution in [0.15, 0.2) is 140 Å². The van der Waals surface area contributed by atoms with E-state index in [2.05, 4.69) is 191 Å². The Bertz CT molecular complexity index is 2280. The van der Waals surface area contributed by atoms with E-state index in [1.165, 1.54) is 20.7 Å². The Hall–Kier alpha value is -4.15. The van der Waals surface area contributed by atoms with Crippen molar-refractivity contribution < 1.29 is 42.0 Å². The molecule has 0 radical (unpaired) electrons. The maximum Gasteiger partial charge on any atom is 0.261 e. The van der Waals surface area contributed by atoms with Crippen molar-refractivity contribution in [1.82, 2.24) is 0 Å². The molecule has 0 amide bonds. The molecule has 9 nitrogen and oxygen atoms in total. The zero-order chi connectivity index (χ0) is 52.8. The Morgan fingerprint density at radius 1 is 0.589 bits per heavy atom. The molecule has 0 spiro atoms.